The van der Waals surface area contributed by atoms with Crippen LogP contribution in [0.2, 0.25) is 0 Å². The number of nitrogens with zero attached hydrogens (tertiary/aromatic N) is 2. The van der Waals surface area contributed by atoms with Gasteiger partial charge in [0.15, 0.2) is 0 Å². The fourth-order valence-electron chi connectivity index (χ4n) is 3.31. The van der Waals surface area contributed by atoms with Crippen LogP contribution in [0.15, 0.2) is 30.5 Å². The molecule has 1 aliphatic heterocycles. The van der Waals surface area contributed by atoms with E-state index < -0.39 is 0 Å². The van der Waals surface area contributed by atoms with Gasteiger partial charge in [0.25, 0.3) is 0 Å². The second-order valence-corrected chi connectivity index (χ2v) is 6.04. The standard InChI is InChI=1S/C17H22N2O/c1-13-6-5-9-18(10-13)11-15-12-19(14(2)20)17-8-4-3-7-16(15)17/h3-4,7-8,12-13H,5-6,9-11H2,1-2H3/t13-/m1/s1. The largest absolute Gasteiger partial charge is 0.299 e. The van der Waals surface area contributed by atoms with Crippen LogP contribution < -0.4 is 0 Å². The van der Waals surface area contributed by atoms with Gasteiger partial charge in [-0.3, -0.25) is 14.3 Å². The average molecular weight is 270 g/mol. The number of para-hydroxylation sites is 1. The molecule has 0 bridgehead atoms. The summed E-state index contributed by atoms with van der Waals surface area (Å²) in [5.41, 5.74) is 2.30. The van der Waals surface area contributed by atoms with Gasteiger partial charge in [0.1, 0.15) is 0 Å². The number of hydrogen-bond donors (Lipinski definition) is 0. The highest BCUT2D eigenvalue weighted by atomic mass is 16.1. The Morgan fingerprint density at radius 1 is 1.35 bits per heavy atom. The van der Waals surface area contributed by atoms with Crippen molar-refractivity contribution in [2.75, 3.05) is 13.1 Å². The van der Waals surface area contributed by atoms with E-state index in [9.17, 15) is 4.79 Å². The predicted octanol–water partition coefficient (Wildman–Crippen LogP) is 3.53. The highest BCUT2D eigenvalue weighted by Gasteiger charge is 2.18. The van der Waals surface area contributed by atoms with Gasteiger partial charge in [-0.2, -0.15) is 0 Å². The number of hydrogen-bond acceptors (Lipinski definition) is 2. The Kier molecular flexibility index (Phi) is 3.62. The molecule has 0 aliphatic carbocycles. The normalized spacial score (nSPS) is 20.4. The number of carbonyl (C=O) groups is 1. The van der Waals surface area contributed by atoms with Crippen LogP contribution in [-0.2, 0) is 6.54 Å². The number of carbonyl (C=O) groups excluding carboxylic acids is 1. The first kappa shape index (κ1) is 13.4. The maximum Gasteiger partial charge on any atom is 0.227 e. The highest BCUT2D eigenvalue weighted by molar-refractivity contribution is 5.93. The number of likely N-dealkylation sites (tertiary alicyclic amines) is 1. The molecule has 106 valence electrons. The SMILES string of the molecule is CC(=O)n1cc(CN2CCC[C@@H](C)C2)c2ccccc21. The number of fused-ring (bicyclic) bond motifs is 1. The number of aromatic nitrogens is 1. The molecule has 3 nitrogen and oxygen atoms in total. The van der Waals surface area contributed by atoms with Crippen LogP contribution >= 0.6 is 0 Å². The molecule has 0 N–H and O–H groups in total. The number of piperidine rings is 1. The number of benzene rings is 1. The van der Waals surface area contributed by atoms with Crippen molar-refractivity contribution in [3.05, 3.63) is 36.0 Å². The van der Waals surface area contributed by atoms with Crippen LogP contribution in [0, 0.1) is 5.92 Å². The summed E-state index contributed by atoms with van der Waals surface area (Å²) in [5.74, 6) is 0.865. The Morgan fingerprint density at radius 3 is 2.90 bits per heavy atom. The van der Waals surface area contributed by atoms with Crippen molar-refractivity contribution in [1.82, 2.24) is 9.47 Å². The van der Waals surface area contributed by atoms with E-state index in [4.69, 9.17) is 0 Å². The molecule has 3 rings (SSSR count). The summed E-state index contributed by atoms with van der Waals surface area (Å²) in [4.78, 5) is 14.3. The van der Waals surface area contributed by atoms with Crippen molar-refractivity contribution in [3.8, 4) is 0 Å². The Morgan fingerprint density at radius 2 is 2.15 bits per heavy atom. The van der Waals surface area contributed by atoms with Crippen LogP contribution in [-0.4, -0.2) is 28.5 Å². The smallest absolute Gasteiger partial charge is 0.227 e. The summed E-state index contributed by atoms with van der Waals surface area (Å²) in [6.45, 7) is 7.23. The van der Waals surface area contributed by atoms with Crippen LogP contribution in [0.3, 0.4) is 0 Å². The van der Waals surface area contributed by atoms with E-state index >= 15 is 0 Å². The van der Waals surface area contributed by atoms with E-state index in [1.807, 2.05) is 18.3 Å². The first-order valence-corrected chi connectivity index (χ1v) is 7.47. The summed E-state index contributed by atoms with van der Waals surface area (Å²) in [6, 6.07) is 8.19. The van der Waals surface area contributed by atoms with Crippen LogP contribution in [0.25, 0.3) is 10.9 Å². The molecule has 1 saturated heterocycles. The highest BCUT2D eigenvalue weighted by Crippen LogP contribution is 2.25. The predicted molar refractivity (Wildman–Crippen MR) is 81.9 cm³/mol. The summed E-state index contributed by atoms with van der Waals surface area (Å²) in [6.07, 6.45) is 4.64. The van der Waals surface area contributed by atoms with Crippen molar-refractivity contribution < 1.29 is 4.79 Å². The van der Waals surface area contributed by atoms with Gasteiger partial charge in [0.05, 0.1) is 5.52 Å². The molecule has 1 aromatic carbocycles. The average Bonchev–Trinajstić information content (AvgIpc) is 2.78. The third-order valence-corrected chi connectivity index (χ3v) is 4.27. The maximum atomic E-state index is 11.8. The molecule has 2 heterocycles. The van der Waals surface area contributed by atoms with Gasteiger partial charge in [-0.05, 0) is 36.9 Å². The summed E-state index contributed by atoms with van der Waals surface area (Å²) in [5, 5.41) is 1.21. The zero-order valence-corrected chi connectivity index (χ0v) is 12.3. The van der Waals surface area contributed by atoms with Gasteiger partial charge in [-0.1, -0.05) is 25.1 Å². The van der Waals surface area contributed by atoms with Crippen molar-refractivity contribution in [1.29, 1.82) is 0 Å². The third-order valence-electron chi connectivity index (χ3n) is 4.27. The molecule has 0 spiro atoms. The lowest BCUT2D eigenvalue weighted by Crippen LogP contribution is -2.33. The molecule has 0 radical (unpaired) electrons. The topological polar surface area (TPSA) is 25.2 Å². The lowest BCUT2D eigenvalue weighted by Gasteiger charge is -2.30. The van der Waals surface area contributed by atoms with Crippen molar-refractivity contribution in [3.63, 3.8) is 0 Å². The molecule has 0 unspecified atom stereocenters. The summed E-state index contributed by atoms with van der Waals surface area (Å²) in [7, 11) is 0. The third kappa shape index (κ3) is 2.50. The molecule has 1 fully saturated rings. The molecule has 1 aliphatic rings. The Hall–Kier alpha value is -1.61. The van der Waals surface area contributed by atoms with E-state index in [0.717, 1.165) is 18.0 Å². The van der Waals surface area contributed by atoms with Gasteiger partial charge < -0.3 is 0 Å². The molecule has 1 atom stereocenters. The fourth-order valence-corrected chi connectivity index (χ4v) is 3.31. The van der Waals surface area contributed by atoms with Crippen LogP contribution in [0.5, 0.6) is 0 Å². The molecule has 2 aromatic rings. The second-order valence-electron chi connectivity index (χ2n) is 6.04. The zero-order valence-electron chi connectivity index (χ0n) is 12.3. The van der Waals surface area contributed by atoms with E-state index in [1.165, 1.54) is 36.9 Å². The minimum Gasteiger partial charge on any atom is -0.299 e. The maximum absolute atomic E-state index is 11.8. The molecule has 0 saturated carbocycles. The molecular formula is C17H22N2O. The molecular weight excluding hydrogens is 248 g/mol. The van der Waals surface area contributed by atoms with Gasteiger partial charge in [-0.25, -0.2) is 0 Å². The zero-order chi connectivity index (χ0) is 14.1. The molecule has 0 amide bonds. The van der Waals surface area contributed by atoms with Crippen LogP contribution in [0.1, 0.15) is 37.0 Å². The monoisotopic (exact) mass is 270 g/mol. The second kappa shape index (κ2) is 5.41. The summed E-state index contributed by atoms with van der Waals surface area (Å²) >= 11 is 0. The lowest BCUT2D eigenvalue weighted by atomic mass is 10.00. The Bertz CT molecular complexity index is 629. The first-order valence-electron chi connectivity index (χ1n) is 7.47. The van der Waals surface area contributed by atoms with Gasteiger partial charge in [0, 0.05) is 31.6 Å². The van der Waals surface area contributed by atoms with E-state index in [-0.39, 0.29) is 5.91 Å². The minimum atomic E-state index is 0.0828. The Labute approximate surface area is 120 Å². The number of rotatable bonds is 2. The van der Waals surface area contributed by atoms with Gasteiger partial charge in [0.2, 0.25) is 5.91 Å². The molecule has 3 heteroatoms. The van der Waals surface area contributed by atoms with Gasteiger partial charge >= 0.3 is 0 Å². The van der Waals surface area contributed by atoms with Crippen LogP contribution in [0.4, 0.5) is 0 Å². The lowest BCUT2D eigenvalue weighted by molar-refractivity contribution is 0.0941. The Balaban J connectivity index is 1.93. The van der Waals surface area contributed by atoms with E-state index in [0.29, 0.717) is 0 Å². The van der Waals surface area contributed by atoms with Gasteiger partial charge in [-0.15, -0.1) is 0 Å². The molecule has 1 aromatic heterocycles. The fraction of sp³-hybridized carbons (Fsp3) is 0.471. The first-order chi connectivity index (χ1) is 9.65. The van der Waals surface area contributed by atoms with E-state index in [1.54, 1.807) is 11.5 Å². The minimum absolute atomic E-state index is 0.0828. The van der Waals surface area contributed by atoms with Crippen molar-refractivity contribution >= 4 is 16.8 Å². The quantitative estimate of drug-likeness (QED) is 0.834. The van der Waals surface area contributed by atoms with E-state index in [2.05, 4.69) is 24.0 Å². The van der Waals surface area contributed by atoms with Crippen molar-refractivity contribution in [2.24, 2.45) is 5.92 Å². The molecule has 20 heavy (non-hydrogen) atoms. The summed E-state index contributed by atoms with van der Waals surface area (Å²) < 4.78 is 1.78. The van der Waals surface area contributed by atoms with Crippen molar-refractivity contribution in [2.45, 2.75) is 33.2 Å².